The van der Waals surface area contributed by atoms with E-state index in [-0.39, 0.29) is 36.2 Å². The standard InChI is InChI=1S/C22H32N2O4S.ClH/c1-27-22(26)16-3-6-18(7-4-16)24-21(25)17-5-8-19(20(13-17)29-2)28-14-15-9-11-23-12-10-15;/h5,8,13,15-16,18,23H,3-4,6-7,9-12,14H2,1-2H3,(H,24,25);1H. The van der Waals surface area contributed by atoms with Crippen LogP contribution in [0.3, 0.4) is 0 Å². The molecule has 0 bridgehead atoms. The van der Waals surface area contributed by atoms with Crippen molar-refractivity contribution in [2.45, 2.75) is 49.5 Å². The molecule has 30 heavy (non-hydrogen) atoms. The number of nitrogens with one attached hydrogen (secondary N) is 2. The topological polar surface area (TPSA) is 76.7 Å². The van der Waals surface area contributed by atoms with Crippen LogP contribution in [0.2, 0.25) is 0 Å². The summed E-state index contributed by atoms with van der Waals surface area (Å²) in [5, 5.41) is 6.49. The Kier molecular flexibility index (Phi) is 10.3. The maximum Gasteiger partial charge on any atom is 0.308 e. The molecule has 1 aliphatic heterocycles. The van der Waals surface area contributed by atoms with Crippen LogP contribution in [0.15, 0.2) is 23.1 Å². The summed E-state index contributed by atoms with van der Waals surface area (Å²) in [5.74, 6) is 1.21. The monoisotopic (exact) mass is 456 g/mol. The van der Waals surface area contributed by atoms with Crippen LogP contribution in [0, 0.1) is 11.8 Å². The second-order valence-corrected chi connectivity index (χ2v) is 8.76. The number of piperidine rings is 1. The van der Waals surface area contributed by atoms with E-state index in [0.717, 1.165) is 68.9 Å². The fourth-order valence-corrected chi connectivity index (χ4v) is 4.67. The first-order chi connectivity index (χ1) is 14.1. The highest BCUT2D eigenvalue weighted by atomic mass is 35.5. The summed E-state index contributed by atoms with van der Waals surface area (Å²) in [5.41, 5.74) is 0.652. The van der Waals surface area contributed by atoms with Gasteiger partial charge >= 0.3 is 5.97 Å². The molecule has 8 heteroatoms. The Hall–Kier alpha value is -1.44. The average Bonchev–Trinajstić information content (AvgIpc) is 2.78. The summed E-state index contributed by atoms with van der Waals surface area (Å²) in [4.78, 5) is 25.3. The molecule has 2 aliphatic rings. The zero-order chi connectivity index (χ0) is 20.6. The van der Waals surface area contributed by atoms with E-state index in [0.29, 0.717) is 11.5 Å². The van der Waals surface area contributed by atoms with Crippen molar-refractivity contribution in [3.05, 3.63) is 23.8 Å². The lowest BCUT2D eigenvalue weighted by Crippen LogP contribution is -2.38. The highest BCUT2D eigenvalue weighted by Gasteiger charge is 2.28. The van der Waals surface area contributed by atoms with E-state index in [1.165, 1.54) is 7.11 Å². The number of esters is 1. The SMILES string of the molecule is COC(=O)C1CCC(NC(=O)c2ccc(OCC3CCNCC3)c(SC)c2)CC1.Cl. The molecule has 0 radical (unpaired) electrons. The van der Waals surface area contributed by atoms with Gasteiger partial charge in [0, 0.05) is 16.5 Å². The van der Waals surface area contributed by atoms with Crippen molar-refractivity contribution in [3.8, 4) is 5.75 Å². The molecule has 0 atom stereocenters. The second kappa shape index (κ2) is 12.4. The Morgan fingerprint density at radius 1 is 1.13 bits per heavy atom. The van der Waals surface area contributed by atoms with Crippen molar-refractivity contribution in [1.82, 2.24) is 10.6 Å². The lowest BCUT2D eigenvalue weighted by atomic mass is 9.86. The van der Waals surface area contributed by atoms with Gasteiger partial charge in [0.05, 0.1) is 19.6 Å². The van der Waals surface area contributed by atoms with Crippen LogP contribution in [-0.4, -0.2) is 51.0 Å². The molecule has 1 aliphatic carbocycles. The molecule has 168 valence electrons. The number of carbonyl (C=O) groups excluding carboxylic acids is 2. The molecule has 1 aromatic rings. The molecule has 3 rings (SSSR count). The summed E-state index contributed by atoms with van der Waals surface area (Å²) >= 11 is 1.60. The van der Waals surface area contributed by atoms with Gasteiger partial charge in [-0.05, 0) is 82.0 Å². The van der Waals surface area contributed by atoms with Gasteiger partial charge in [0.1, 0.15) is 5.75 Å². The number of thioether (sulfide) groups is 1. The Morgan fingerprint density at radius 3 is 2.47 bits per heavy atom. The minimum Gasteiger partial charge on any atom is -0.492 e. The maximum absolute atomic E-state index is 12.7. The number of halogens is 1. The number of hydrogen-bond acceptors (Lipinski definition) is 6. The maximum atomic E-state index is 12.7. The summed E-state index contributed by atoms with van der Waals surface area (Å²) in [6.45, 7) is 2.85. The first-order valence-electron chi connectivity index (χ1n) is 10.5. The number of benzene rings is 1. The summed E-state index contributed by atoms with van der Waals surface area (Å²) in [7, 11) is 1.43. The Morgan fingerprint density at radius 2 is 1.83 bits per heavy atom. The summed E-state index contributed by atoms with van der Waals surface area (Å²) < 4.78 is 10.9. The van der Waals surface area contributed by atoms with Crippen molar-refractivity contribution >= 4 is 36.0 Å². The fourth-order valence-electron chi connectivity index (χ4n) is 4.09. The first-order valence-corrected chi connectivity index (χ1v) is 11.7. The van der Waals surface area contributed by atoms with Gasteiger partial charge in [0.25, 0.3) is 5.91 Å². The van der Waals surface area contributed by atoms with Gasteiger partial charge < -0.3 is 20.1 Å². The van der Waals surface area contributed by atoms with Crippen LogP contribution in [0.4, 0.5) is 0 Å². The minimum atomic E-state index is -0.139. The third kappa shape index (κ3) is 6.79. The van der Waals surface area contributed by atoms with Gasteiger partial charge in [-0.3, -0.25) is 9.59 Å². The van der Waals surface area contributed by atoms with Crippen molar-refractivity contribution in [3.63, 3.8) is 0 Å². The van der Waals surface area contributed by atoms with Crippen LogP contribution >= 0.6 is 24.2 Å². The van der Waals surface area contributed by atoms with E-state index in [1.807, 2.05) is 24.5 Å². The molecule has 0 unspecified atom stereocenters. The molecule has 1 heterocycles. The van der Waals surface area contributed by atoms with Gasteiger partial charge in [-0.1, -0.05) is 0 Å². The zero-order valence-corrected chi connectivity index (χ0v) is 19.4. The number of ether oxygens (including phenoxy) is 2. The predicted octanol–water partition coefficient (Wildman–Crippen LogP) is 3.67. The van der Waals surface area contributed by atoms with E-state index >= 15 is 0 Å². The lowest BCUT2D eigenvalue weighted by Gasteiger charge is -2.27. The Balaban J connectivity index is 0.00000320. The van der Waals surface area contributed by atoms with Crippen molar-refractivity contribution in [2.75, 3.05) is 33.1 Å². The third-order valence-electron chi connectivity index (χ3n) is 5.96. The number of amides is 1. The van der Waals surface area contributed by atoms with Gasteiger partial charge in [0.15, 0.2) is 0 Å². The quantitative estimate of drug-likeness (QED) is 0.481. The highest BCUT2D eigenvalue weighted by Crippen LogP contribution is 2.30. The molecule has 0 aromatic heterocycles. The normalized spacial score (nSPS) is 21.9. The van der Waals surface area contributed by atoms with Gasteiger partial charge in [0.2, 0.25) is 0 Å². The molecule has 2 fully saturated rings. The van der Waals surface area contributed by atoms with Crippen LogP contribution in [0.5, 0.6) is 5.75 Å². The Bertz CT molecular complexity index is 704. The molecule has 1 aromatic carbocycles. The van der Waals surface area contributed by atoms with Crippen LogP contribution in [0.25, 0.3) is 0 Å². The molecule has 0 spiro atoms. The number of hydrogen-bond donors (Lipinski definition) is 2. The third-order valence-corrected chi connectivity index (χ3v) is 6.71. The first kappa shape index (κ1) is 24.8. The Labute approximate surface area is 189 Å². The van der Waals surface area contributed by atoms with E-state index in [2.05, 4.69) is 10.6 Å². The van der Waals surface area contributed by atoms with Crippen LogP contribution in [0.1, 0.15) is 48.9 Å². The van der Waals surface area contributed by atoms with Crippen molar-refractivity contribution in [2.24, 2.45) is 11.8 Å². The lowest BCUT2D eigenvalue weighted by molar-refractivity contribution is -0.146. The summed E-state index contributed by atoms with van der Waals surface area (Å²) in [6, 6.07) is 5.78. The van der Waals surface area contributed by atoms with E-state index in [4.69, 9.17) is 9.47 Å². The van der Waals surface area contributed by atoms with Crippen molar-refractivity contribution in [1.29, 1.82) is 0 Å². The largest absolute Gasteiger partial charge is 0.492 e. The number of methoxy groups -OCH3 is 1. The molecule has 6 nitrogen and oxygen atoms in total. The molecule has 1 saturated carbocycles. The second-order valence-electron chi connectivity index (χ2n) is 7.92. The molecule has 2 N–H and O–H groups in total. The van der Waals surface area contributed by atoms with Gasteiger partial charge in [-0.15, -0.1) is 24.2 Å². The van der Waals surface area contributed by atoms with E-state index < -0.39 is 0 Å². The smallest absolute Gasteiger partial charge is 0.308 e. The molecular formula is C22H33ClN2O4S. The molecule has 1 amide bonds. The van der Waals surface area contributed by atoms with Crippen LogP contribution in [-0.2, 0) is 9.53 Å². The van der Waals surface area contributed by atoms with Crippen molar-refractivity contribution < 1.29 is 19.1 Å². The fraction of sp³-hybridized carbons (Fsp3) is 0.636. The molecular weight excluding hydrogens is 424 g/mol. The predicted molar refractivity (Wildman–Crippen MR) is 122 cm³/mol. The van der Waals surface area contributed by atoms with E-state index in [1.54, 1.807) is 11.8 Å². The van der Waals surface area contributed by atoms with Gasteiger partial charge in [-0.2, -0.15) is 0 Å². The zero-order valence-electron chi connectivity index (χ0n) is 17.8. The summed E-state index contributed by atoms with van der Waals surface area (Å²) in [6.07, 6.45) is 7.42. The number of carbonyl (C=O) groups is 2. The van der Waals surface area contributed by atoms with E-state index in [9.17, 15) is 9.59 Å². The minimum absolute atomic E-state index is 0. The van der Waals surface area contributed by atoms with Crippen LogP contribution < -0.4 is 15.4 Å². The average molecular weight is 457 g/mol. The molecule has 1 saturated heterocycles. The number of rotatable bonds is 7. The highest BCUT2D eigenvalue weighted by molar-refractivity contribution is 7.98. The van der Waals surface area contributed by atoms with Gasteiger partial charge in [-0.25, -0.2) is 0 Å².